The zero-order chi connectivity index (χ0) is 16.6. The molecule has 2 aliphatic heterocycles. The average Bonchev–Trinajstić information content (AvgIpc) is 2.40. The summed E-state index contributed by atoms with van der Waals surface area (Å²) in [6.45, 7) is 15.3. The molecule has 1 spiro atoms. The summed E-state index contributed by atoms with van der Waals surface area (Å²) in [5.41, 5.74) is 0.483. The number of carbonyl (C=O) groups is 1. The van der Waals surface area contributed by atoms with Crippen LogP contribution in [0.3, 0.4) is 0 Å². The number of hydrogen-bond acceptors (Lipinski definition) is 2. The molecule has 2 rings (SSSR count). The van der Waals surface area contributed by atoms with Crippen LogP contribution in [0, 0.1) is 16.2 Å². The van der Waals surface area contributed by atoms with Gasteiger partial charge >= 0.3 is 0 Å². The number of likely N-dealkylation sites (tertiary alicyclic amines) is 2. The lowest BCUT2D eigenvalue weighted by atomic mass is 9.70. The maximum absolute atomic E-state index is 12.9. The van der Waals surface area contributed by atoms with Crippen LogP contribution in [-0.4, -0.2) is 48.9 Å². The van der Waals surface area contributed by atoms with Crippen molar-refractivity contribution < 1.29 is 4.79 Å². The lowest BCUT2D eigenvalue weighted by Crippen LogP contribution is -2.50. The molecule has 3 heteroatoms. The number of amides is 1. The highest BCUT2D eigenvalue weighted by Crippen LogP contribution is 2.42. The Kier molecular flexibility index (Phi) is 4.97. The Bertz CT molecular complexity index is 390. The van der Waals surface area contributed by atoms with Crippen LogP contribution in [0.5, 0.6) is 0 Å². The highest BCUT2D eigenvalue weighted by Gasteiger charge is 2.41. The van der Waals surface area contributed by atoms with Crippen molar-refractivity contribution >= 4 is 5.91 Å². The fraction of sp³-hybridized carbons (Fsp3) is 0.947. The van der Waals surface area contributed by atoms with Crippen LogP contribution < -0.4 is 0 Å². The fourth-order valence-corrected chi connectivity index (χ4v) is 4.61. The second-order valence-electron chi connectivity index (χ2n) is 9.72. The molecule has 0 aromatic heterocycles. The summed E-state index contributed by atoms with van der Waals surface area (Å²) in [5.74, 6) is 0.366. The van der Waals surface area contributed by atoms with Crippen molar-refractivity contribution in [3.8, 4) is 0 Å². The van der Waals surface area contributed by atoms with Gasteiger partial charge in [0.2, 0.25) is 5.91 Å². The Balaban J connectivity index is 1.92. The van der Waals surface area contributed by atoms with Gasteiger partial charge in [-0.25, -0.2) is 0 Å². The van der Waals surface area contributed by atoms with E-state index in [-0.39, 0.29) is 10.8 Å². The second-order valence-corrected chi connectivity index (χ2v) is 9.72. The molecular weight excluding hydrogens is 272 g/mol. The highest BCUT2D eigenvalue weighted by atomic mass is 16.2. The van der Waals surface area contributed by atoms with Crippen LogP contribution in [0.15, 0.2) is 0 Å². The summed E-state index contributed by atoms with van der Waals surface area (Å²) in [5, 5.41) is 0. The average molecular weight is 309 g/mol. The van der Waals surface area contributed by atoms with Crippen molar-refractivity contribution in [3.63, 3.8) is 0 Å². The molecule has 2 aliphatic rings. The van der Waals surface area contributed by atoms with Crippen molar-refractivity contribution in [1.82, 2.24) is 9.80 Å². The Morgan fingerprint density at radius 2 is 1.36 bits per heavy atom. The molecule has 0 unspecified atom stereocenters. The summed E-state index contributed by atoms with van der Waals surface area (Å²) in [4.78, 5) is 17.5. The summed E-state index contributed by atoms with van der Waals surface area (Å²) >= 11 is 0. The van der Waals surface area contributed by atoms with Gasteiger partial charge in [-0.05, 0) is 63.1 Å². The van der Waals surface area contributed by atoms with Crippen molar-refractivity contribution in [1.29, 1.82) is 0 Å². The maximum atomic E-state index is 12.9. The van der Waals surface area contributed by atoms with Crippen LogP contribution in [0.25, 0.3) is 0 Å². The van der Waals surface area contributed by atoms with Crippen molar-refractivity contribution in [3.05, 3.63) is 0 Å². The molecule has 0 aromatic carbocycles. The van der Waals surface area contributed by atoms with E-state index in [0.717, 1.165) is 19.5 Å². The third kappa shape index (κ3) is 4.24. The highest BCUT2D eigenvalue weighted by molar-refractivity contribution is 5.82. The molecule has 0 aromatic rings. The summed E-state index contributed by atoms with van der Waals surface area (Å²) in [7, 11) is 2.22. The van der Waals surface area contributed by atoms with E-state index in [0.29, 0.717) is 11.3 Å². The van der Waals surface area contributed by atoms with Gasteiger partial charge in [-0.15, -0.1) is 0 Å². The molecular formula is C19H36N2O. The van der Waals surface area contributed by atoms with Gasteiger partial charge in [-0.3, -0.25) is 4.79 Å². The van der Waals surface area contributed by atoms with Crippen molar-refractivity contribution in [2.75, 3.05) is 33.2 Å². The monoisotopic (exact) mass is 308 g/mol. The number of rotatable bonds is 2. The summed E-state index contributed by atoms with van der Waals surface area (Å²) in [6, 6.07) is 0. The third-order valence-corrected chi connectivity index (χ3v) is 5.71. The Labute approximate surface area is 137 Å². The molecule has 22 heavy (non-hydrogen) atoms. The van der Waals surface area contributed by atoms with Gasteiger partial charge in [0.15, 0.2) is 0 Å². The fourth-order valence-electron chi connectivity index (χ4n) is 4.61. The summed E-state index contributed by atoms with van der Waals surface area (Å²) in [6.07, 6.45) is 6.00. The molecule has 0 radical (unpaired) electrons. The minimum absolute atomic E-state index is 0.199. The predicted molar refractivity (Wildman–Crippen MR) is 92.8 cm³/mol. The van der Waals surface area contributed by atoms with Crippen molar-refractivity contribution in [2.24, 2.45) is 16.2 Å². The number of hydrogen-bond donors (Lipinski definition) is 0. The van der Waals surface area contributed by atoms with E-state index < -0.39 is 0 Å². The van der Waals surface area contributed by atoms with Crippen LogP contribution in [-0.2, 0) is 4.79 Å². The number of piperidine rings is 2. The predicted octanol–water partition coefficient (Wildman–Crippen LogP) is 3.78. The quantitative estimate of drug-likeness (QED) is 0.775. The molecule has 0 bridgehead atoms. The Morgan fingerprint density at radius 3 is 1.82 bits per heavy atom. The van der Waals surface area contributed by atoms with Gasteiger partial charge in [0, 0.05) is 18.5 Å². The van der Waals surface area contributed by atoms with Gasteiger partial charge in [0.1, 0.15) is 0 Å². The molecule has 0 aliphatic carbocycles. The zero-order valence-electron chi connectivity index (χ0n) is 15.7. The van der Waals surface area contributed by atoms with E-state index in [9.17, 15) is 4.79 Å². The topological polar surface area (TPSA) is 23.6 Å². The van der Waals surface area contributed by atoms with Crippen LogP contribution >= 0.6 is 0 Å². The Hall–Kier alpha value is -0.570. The van der Waals surface area contributed by atoms with Gasteiger partial charge < -0.3 is 9.80 Å². The zero-order valence-corrected chi connectivity index (χ0v) is 15.7. The first kappa shape index (κ1) is 17.8. The second kappa shape index (κ2) is 6.14. The summed E-state index contributed by atoms with van der Waals surface area (Å²) < 4.78 is 0. The van der Waals surface area contributed by atoms with E-state index in [4.69, 9.17) is 0 Å². The molecule has 2 saturated heterocycles. The minimum Gasteiger partial charge on any atom is -0.342 e. The lowest BCUT2D eigenvalue weighted by Gasteiger charge is -2.47. The van der Waals surface area contributed by atoms with Gasteiger partial charge in [-0.1, -0.05) is 34.6 Å². The van der Waals surface area contributed by atoms with Crippen molar-refractivity contribution in [2.45, 2.75) is 66.7 Å². The smallest absolute Gasteiger partial charge is 0.228 e. The largest absolute Gasteiger partial charge is 0.342 e. The van der Waals surface area contributed by atoms with E-state index >= 15 is 0 Å². The first-order valence-corrected chi connectivity index (χ1v) is 9.01. The number of carbonyl (C=O) groups excluding carboxylic acids is 1. The Morgan fingerprint density at radius 1 is 0.909 bits per heavy atom. The molecule has 0 atom stereocenters. The standard InChI is InChI=1S/C19H36N2O/c1-17(2,3)15-18(4,5)16(22)21-13-9-19(10-14-21)7-11-20(6)12-8-19/h7-15H2,1-6H3. The van der Waals surface area contributed by atoms with E-state index in [1.807, 2.05) is 0 Å². The molecule has 0 saturated carbocycles. The third-order valence-electron chi connectivity index (χ3n) is 5.71. The van der Waals surface area contributed by atoms with Crippen LogP contribution in [0.2, 0.25) is 0 Å². The molecule has 128 valence electrons. The molecule has 1 amide bonds. The minimum atomic E-state index is -0.241. The van der Waals surface area contributed by atoms with Crippen LogP contribution in [0.1, 0.15) is 66.7 Å². The van der Waals surface area contributed by atoms with Crippen LogP contribution in [0.4, 0.5) is 0 Å². The first-order chi connectivity index (χ1) is 10.0. The van der Waals surface area contributed by atoms with E-state index in [1.165, 1.54) is 38.8 Å². The molecule has 2 heterocycles. The lowest BCUT2D eigenvalue weighted by molar-refractivity contribution is -0.145. The molecule has 0 N–H and O–H groups in total. The van der Waals surface area contributed by atoms with E-state index in [1.54, 1.807) is 0 Å². The first-order valence-electron chi connectivity index (χ1n) is 9.01. The molecule has 2 fully saturated rings. The van der Waals surface area contributed by atoms with E-state index in [2.05, 4.69) is 51.5 Å². The van der Waals surface area contributed by atoms with Gasteiger partial charge in [-0.2, -0.15) is 0 Å². The van der Waals surface area contributed by atoms with Gasteiger partial charge in [0.25, 0.3) is 0 Å². The van der Waals surface area contributed by atoms with Gasteiger partial charge in [0.05, 0.1) is 0 Å². The SMILES string of the molecule is CN1CCC2(CC1)CCN(C(=O)C(C)(C)CC(C)(C)C)CC2. The molecule has 3 nitrogen and oxygen atoms in total. The number of nitrogens with zero attached hydrogens (tertiary/aromatic N) is 2. The maximum Gasteiger partial charge on any atom is 0.228 e. The normalized spacial score (nSPS) is 23.8.